The molecule has 38 heavy (non-hydrogen) atoms. The molecule has 0 saturated carbocycles. The SMILES string of the molecule is CCOC(=O)c1cnc(Nc2ccccc2)[nH]c1=O.O=C(O)c1cnc(Nc2ccccc2)[nH]c1=O.[Na+].[OH-]. The monoisotopic (exact) mass is 530 g/mol. The number of carboxylic acids is 1. The predicted octanol–water partition coefficient (Wildman–Crippen LogP) is -0.271. The molecule has 0 aliphatic heterocycles. The number of hydrogen-bond acceptors (Lipinski definition) is 10. The third-order valence-electron chi connectivity index (χ3n) is 4.40. The standard InChI is InChI=1S/C13H13N3O3.C11H9N3O3.Na.H2O/c1-2-19-12(18)10-8-14-13(16-11(10)17)15-9-6-4-3-5-7-9;15-9-8(10(16)17)6-12-11(14-9)13-7-4-2-1-3-5-7;;/h3-8H,2H2,1H3,(H2,14,15,16,17);1-6H,(H,16,17)(H2,12,13,14,15);;1H2/q;;+1;/p-1. The van der Waals surface area contributed by atoms with Gasteiger partial charge < -0.3 is 26.0 Å². The zero-order valence-corrected chi connectivity index (χ0v) is 22.5. The number of H-pyrrole nitrogens is 2. The van der Waals surface area contributed by atoms with Gasteiger partial charge in [0.25, 0.3) is 11.1 Å². The first-order valence-electron chi connectivity index (χ1n) is 10.6. The van der Waals surface area contributed by atoms with E-state index in [0.717, 1.165) is 17.6 Å². The van der Waals surface area contributed by atoms with Crippen molar-refractivity contribution in [2.75, 3.05) is 17.2 Å². The normalized spacial score (nSPS) is 9.39. The number of nitrogens with zero attached hydrogens (tertiary/aromatic N) is 2. The summed E-state index contributed by atoms with van der Waals surface area (Å²) in [6.45, 7) is 1.88. The first-order chi connectivity index (χ1) is 17.4. The maximum Gasteiger partial charge on any atom is 1.00 e. The molecule has 4 aromatic rings. The number of anilines is 4. The van der Waals surface area contributed by atoms with Crippen LogP contribution < -0.4 is 51.3 Å². The van der Waals surface area contributed by atoms with E-state index in [0.29, 0.717) is 0 Å². The Bertz CT molecular complexity index is 1450. The number of rotatable bonds is 7. The van der Waals surface area contributed by atoms with Crippen LogP contribution in [0.4, 0.5) is 23.3 Å². The van der Waals surface area contributed by atoms with Crippen LogP contribution in [0.15, 0.2) is 82.6 Å². The summed E-state index contributed by atoms with van der Waals surface area (Å²) < 4.78 is 4.75. The van der Waals surface area contributed by atoms with E-state index < -0.39 is 23.1 Å². The number of ether oxygens (including phenoxy) is 1. The predicted molar refractivity (Wildman–Crippen MR) is 134 cm³/mol. The molecular formula is C24H23N6NaO7. The van der Waals surface area contributed by atoms with E-state index in [1.165, 1.54) is 6.20 Å². The van der Waals surface area contributed by atoms with Crippen molar-refractivity contribution in [1.29, 1.82) is 0 Å². The van der Waals surface area contributed by atoms with Crippen LogP contribution in [0.5, 0.6) is 0 Å². The number of carboxylic acid groups (broad SMARTS) is 1. The van der Waals surface area contributed by atoms with E-state index >= 15 is 0 Å². The quantitative estimate of drug-likeness (QED) is 0.155. The zero-order chi connectivity index (χ0) is 25.9. The first-order valence-corrected chi connectivity index (χ1v) is 10.6. The number of hydrogen-bond donors (Lipinski definition) is 5. The number of aromatic nitrogens is 4. The van der Waals surface area contributed by atoms with E-state index in [2.05, 4.69) is 30.6 Å². The van der Waals surface area contributed by atoms with Crippen LogP contribution in [0.2, 0.25) is 0 Å². The van der Waals surface area contributed by atoms with Crippen LogP contribution in [0.3, 0.4) is 0 Å². The number of para-hydroxylation sites is 2. The van der Waals surface area contributed by atoms with E-state index in [1.54, 1.807) is 19.1 Å². The third-order valence-corrected chi connectivity index (χ3v) is 4.40. The summed E-state index contributed by atoms with van der Waals surface area (Å²) in [7, 11) is 0. The Morgan fingerprint density at radius 2 is 1.24 bits per heavy atom. The molecule has 192 valence electrons. The van der Waals surface area contributed by atoms with Gasteiger partial charge in [0, 0.05) is 11.4 Å². The smallest absolute Gasteiger partial charge is 0.870 e. The van der Waals surface area contributed by atoms with E-state index in [-0.39, 0.29) is 64.7 Å². The van der Waals surface area contributed by atoms with E-state index in [4.69, 9.17) is 9.84 Å². The van der Waals surface area contributed by atoms with Crippen LogP contribution in [0, 0.1) is 0 Å². The molecule has 0 atom stereocenters. The fourth-order valence-corrected chi connectivity index (χ4v) is 2.74. The number of benzene rings is 2. The molecular weight excluding hydrogens is 507 g/mol. The van der Waals surface area contributed by atoms with Gasteiger partial charge in [0.15, 0.2) is 0 Å². The Balaban J connectivity index is 0.000000363. The maximum atomic E-state index is 11.7. The summed E-state index contributed by atoms with van der Waals surface area (Å²) >= 11 is 0. The van der Waals surface area contributed by atoms with Crippen LogP contribution in [0.1, 0.15) is 27.6 Å². The first kappa shape index (κ1) is 31.7. The number of carbonyl (C=O) groups excluding carboxylic acids is 1. The summed E-state index contributed by atoms with van der Waals surface area (Å²) in [5.41, 5.74) is -0.185. The van der Waals surface area contributed by atoms with Gasteiger partial charge in [-0.15, -0.1) is 0 Å². The van der Waals surface area contributed by atoms with Gasteiger partial charge in [-0.05, 0) is 31.2 Å². The summed E-state index contributed by atoms with van der Waals surface area (Å²) in [4.78, 5) is 57.7. The fourth-order valence-electron chi connectivity index (χ4n) is 2.74. The Kier molecular flexibility index (Phi) is 13.1. The topological polar surface area (TPSA) is 209 Å². The van der Waals surface area contributed by atoms with Gasteiger partial charge in [0.2, 0.25) is 11.9 Å². The van der Waals surface area contributed by atoms with Crippen molar-refractivity contribution in [3.8, 4) is 0 Å². The third kappa shape index (κ3) is 9.29. The minimum Gasteiger partial charge on any atom is -0.870 e. The molecule has 2 aromatic carbocycles. The molecule has 14 heteroatoms. The maximum absolute atomic E-state index is 11.7. The molecule has 2 heterocycles. The molecule has 0 spiro atoms. The molecule has 0 saturated heterocycles. The fraction of sp³-hybridized carbons (Fsp3) is 0.0833. The van der Waals surface area contributed by atoms with Gasteiger partial charge in [-0.2, -0.15) is 0 Å². The average molecular weight is 530 g/mol. The van der Waals surface area contributed by atoms with Crippen molar-refractivity contribution < 1.29 is 54.5 Å². The van der Waals surface area contributed by atoms with Crippen LogP contribution in [0.25, 0.3) is 0 Å². The van der Waals surface area contributed by atoms with Gasteiger partial charge >= 0.3 is 41.5 Å². The van der Waals surface area contributed by atoms with Gasteiger partial charge in [-0.25, -0.2) is 19.6 Å². The average Bonchev–Trinajstić information content (AvgIpc) is 2.86. The Morgan fingerprint density at radius 1 is 0.816 bits per heavy atom. The Labute approximate surface area is 237 Å². The summed E-state index contributed by atoms with van der Waals surface area (Å²) in [5, 5.41) is 14.4. The molecule has 0 aliphatic carbocycles. The summed E-state index contributed by atoms with van der Waals surface area (Å²) in [6.07, 6.45) is 2.22. The van der Waals surface area contributed by atoms with Crippen molar-refractivity contribution >= 4 is 35.2 Å². The summed E-state index contributed by atoms with van der Waals surface area (Å²) in [5.74, 6) is -1.51. The van der Waals surface area contributed by atoms with Gasteiger partial charge in [-0.1, -0.05) is 36.4 Å². The Morgan fingerprint density at radius 3 is 1.61 bits per heavy atom. The second-order valence-corrected chi connectivity index (χ2v) is 6.96. The second kappa shape index (κ2) is 15.7. The van der Waals surface area contributed by atoms with Crippen LogP contribution >= 0.6 is 0 Å². The number of esters is 1. The minimum absolute atomic E-state index is 0. The largest absolute Gasteiger partial charge is 1.00 e. The summed E-state index contributed by atoms with van der Waals surface area (Å²) in [6, 6.07) is 18.4. The van der Waals surface area contributed by atoms with Gasteiger partial charge in [0.05, 0.1) is 19.0 Å². The molecule has 4 rings (SSSR count). The van der Waals surface area contributed by atoms with Gasteiger partial charge in [0.1, 0.15) is 11.1 Å². The van der Waals surface area contributed by atoms with Crippen molar-refractivity contribution in [3.63, 3.8) is 0 Å². The minimum atomic E-state index is -1.30. The van der Waals surface area contributed by atoms with Crippen molar-refractivity contribution in [2.24, 2.45) is 0 Å². The molecule has 0 radical (unpaired) electrons. The van der Waals surface area contributed by atoms with Crippen molar-refractivity contribution in [1.82, 2.24) is 19.9 Å². The van der Waals surface area contributed by atoms with Crippen molar-refractivity contribution in [3.05, 3.63) is 105 Å². The molecule has 13 nitrogen and oxygen atoms in total. The molecule has 2 aromatic heterocycles. The zero-order valence-electron chi connectivity index (χ0n) is 20.5. The molecule has 0 aliphatic rings. The number of carbonyl (C=O) groups is 2. The van der Waals surface area contributed by atoms with Crippen molar-refractivity contribution in [2.45, 2.75) is 6.92 Å². The number of aromatic carboxylic acids is 1. The Hall–Kier alpha value is -4.30. The number of aromatic amines is 2. The van der Waals surface area contributed by atoms with Gasteiger partial charge in [-0.3, -0.25) is 19.6 Å². The number of nitrogens with one attached hydrogen (secondary N) is 4. The van der Waals surface area contributed by atoms with E-state index in [1.807, 2.05) is 48.5 Å². The van der Waals surface area contributed by atoms with Crippen LogP contribution in [-0.4, -0.2) is 49.1 Å². The molecule has 6 N–H and O–H groups in total. The van der Waals surface area contributed by atoms with Crippen LogP contribution in [-0.2, 0) is 4.74 Å². The molecule has 0 unspecified atom stereocenters. The van der Waals surface area contributed by atoms with E-state index in [9.17, 15) is 19.2 Å². The molecule has 0 amide bonds. The molecule has 0 fully saturated rings. The molecule has 0 bridgehead atoms. The second-order valence-electron chi connectivity index (χ2n) is 6.96.